The van der Waals surface area contributed by atoms with Crippen molar-refractivity contribution < 1.29 is 18.0 Å². The maximum atomic E-state index is 13.8. The Bertz CT molecular complexity index is 985. The van der Waals surface area contributed by atoms with Gasteiger partial charge in [0.05, 0.1) is 5.69 Å². The van der Waals surface area contributed by atoms with Crippen LogP contribution in [0, 0.1) is 17.5 Å². The third kappa shape index (κ3) is 4.43. The Morgan fingerprint density at radius 3 is 2.54 bits per heavy atom. The summed E-state index contributed by atoms with van der Waals surface area (Å²) < 4.78 is 40.1. The number of hydrogen-bond donors (Lipinski definition) is 1. The van der Waals surface area contributed by atoms with Crippen LogP contribution in [0.3, 0.4) is 0 Å². The van der Waals surface area contributed by atoms with Gasteiger partial charge in [0.2, 0.25) is 5.95 Å². The van der Waals surface area contributed by atoms with Crippen LogP contribution in [0.25, 0.3) is 0 Å². The van der Waals surface area contributed by atoms with Crippen LogP contribution in [0.2, 0.25) is 0 Å². The Balaban J connectivity index is 1.70. The first kappa shape index (κ1) is 19.3. The molecule has 0 unspecified atom stereocenters. The number of anilines is 2. The molecule has 0 fully saturated rings. The second-order valence-electron chi connectivity index (χ2n) is 5.95. The van der Waals surface area contributed by atoms with E-state index >= 15 is 0 Å². The van der Waals surface area contributed by atoms with E-state index in [1.807, 2.05) is 12.1 Å². The number of benzene rings is 1. The Morgan fingerprint density at radius 1 is 1.04 bits per heavy atom. The fraction of sp³-hybridized carbons (Fsp3) is 0.158. The third-order valence-electron chi connectivity index (χ3n) is 3.99. The molecule has 0 aliphatic carbocycles. The minimum Gasteiger partial charge on any atom is -0.340 e. The first-order valence-corrected chi connectivity index (χ1v) is 8.33. The summed E-state index contributed by atoms with van der Waals surface area (Å²) in [7, 11) is 1.63. The first-order valence-electron chi connectivity index (χ1n) is 8.33. The summed E-state index contributed by atoms with van der Waals surface area (Å²) in [6, 6.07) is 6.94. The van der Waals surface area contributed by atoms with Crippen LogP contribution in [0.1, 0.15) is 16.1 Å². The molecule has 0 aliphatic rings. The summed E-state index contributed by atoms with van der Waals surface area (Å²) in [6.45, 7) is 0.452. The molecular formula is C19H16F3N5O. The molecule has 9 heteroatoms. The average molecular weight is 387 g/mol. The van der Waals surface area contributed by atoms with Gasteiger partial charge in [-0.05, 0) is 42.3 Å². The zero-order valence-electron chi connectivity index (χ0n) is 14.9. The van der Waals surface area contributed by atoms with Crippen LogP contribution in [0.5, 0.6) is 0 Å². The molecule has 0 radical (unpaired) electrons. The number of likely N-dealkylation sites (N-methyl/N-ethyl adjacent to an activating group) is 1. The van der Waals surface area contributed by atoms with E-state index in [4.69, 9.17) is 0 Å². The molecule has 0 spiro atoms. The van der Waals surface area contributed by atoms with E-state index in [9.17, 15) is 18.0 Å². The minimum absolute atomic E-state index is 0.0812. The summed E-state index contributed by atoms with van der Waals surface area (Å²) in [5, 5.41) is 2.45. The van der Waals surface area contributed by atoms with Crippen molar-refractivity contribution in [2.75, 3.05) is 18.9 Å². The second-order valence-corrected chi connectivity index (χ2v) is 5.95. The van der Waals surface area contributed by atoms with Gasteiger partial charge in [-0.25, -0.2) is 23.1 Å². The van der Waals surface area contributed by atoms with Crippen molar-refractivity contribution in [1.82, 2.24) is 19.9 Å². The summed E-state index contributed by atoms with van der Waals surface area (Å²) in [6.07, 6.45) is 5.31. The molecule has 28 heavy (non-hydrogen) atoms. The van der Waals surface area contributed by atoms with Crippen LogP contribution < -0.4 is 5.32 Å². The maximum absolute atomic E-state index is 13.8. The lowest BCUT2D eigenvalue weighted by Crippen LogP contribution is -2.29. The molecule has 0 saturated carbocycles. The zero-order chi connectivity index (χ0) is 20.1. The quantitative estimate of drug-likeness (QED) is 0.657. The topological polar surface area (TPSA) is 71.0 Å². The van der Waals surface area contributed by atoms with Gasteiger partial charge in [-0.2, -0.15) is 0 Å². The monoisotopic (exact) mass is 387 g/mol. The number of aromatic nitrogens is 3. The van der Waals surface area contributed by atoms with Gasteiger partial charge in [0.15, 0.2) is 17.5 Å². The van der Waals surface area contributed by atoms with E-state index < -0.39 is 17.5 Å². The predicted octanol–water partition coefficient (Wildman–Crippen LogP) is 3.35. The average Bonchev–Trinajstić information content (AvgIpc) is 2.73. The predicted molar refractivity (Wildman–Crippen MR) is 96.5 cm³/mol. The first-order chi connectivity index (χ1) is 13.5. The Labute approximate surface area is 159 Å². The highest BCUT2D eigenvalue weighted by Crippen LogP contribution is 2.22. The van der Waals surface area contributed by atoms with Crippen molar-refractivity contribution in [2.45, 2.75) is 6.42 Å². The molecule has 1 aromatic carbocycles. The Kier molecular flexibility index (Phi) is 5.83. The molecule has 0 atom stereocenters. The summed E-state index contributed by atoms with van der Waals surface area (Å²) in [4.78, 5) is 25.9. The van der Waals surface area contributed by atoms with Crippen molar-refractivity contribution in [3.05, 3.63) is 77.6 Å². The van der Waals surface area contributed by atoms with Crippen LogP contribution in [0.15, 0.2) is 48.9 Å². The number of hydrogen-bond acceptors (Lipinski definition) is 5. The number of pyridine rings is 1. The molecule has 6 nitrogen and oxygen atoms in total. The largest absolute Gasteiger partial charge is 0.340 e. The fourth-order valence-electron chi connectivity index (χ4n) is 2.42. The van der Waals surface area contributed by atoms with E-state index in [0.29, 0.717) is 13.0 Å². The van der Waals surface area contributed by atoms with Crippen molar-refractivity contribution >= 4 is 17.5 Å². The number of carbonyl (C=O) groups excluding carboxylic acids is 1. The van der Waals surface area contributed by atoms with E-state index in [1.54, 1.807) is 19.4 Å². The molecule has 3 rings (SSSR count). The van der Waals surface area contributed by atoms with Gasteiger partial charge in [0, 0.05) is 32.2 Å². The molecule has 2 heterocycles. The number of rotatable bonds is 6. The SMILES string of the molecule is CN(CCc1ccncc1)C(=O)c1ccnc(Nc2ccc(F)c(F)c2F)n1. The van der Waals surface area contributed by atoms with Crippen LogP contribution in [-0.2, 0) is 6.42 Å². The smallest absolute Gasteiger partial charge is 0.272 e. The van der Waals surface area contributed by atoms with Crippen molar-refractivity contribution in [3.8, 4) is 0 Å². The van der Waals surface area contributed by atoms with Crippen LogP contribution in [-0.4, -0.2) is 39.4 Å². The van der Waals surface area contributed by atoms with Gasteiger partial charge < -0.3 is 10.2 Å². The molecule has 3 aromatic rings. The standard InChI is InChI=1S/C19H16F3N5O/c1-27(11-7-12-4-8-23-9-5-12)18(28)15-6-10-24-19(26-15)25-14-3-2-13(20)16(21)17(14)22/h2-6,8-10H,7,11H2,1H3,(H,24,25,26). The normalized spacial score (nSPS) is 10.6. The summed E-state index contributed by atoms with van der Waals surface area (Å²) in [5.41, 5.74) is 0.778. The minimum atomic E-state index is -1.60. The lowest BCUT2D eigenvalue weighted by atomic mass is 10.2. The van der Waals surface area contributed by atoms with Crippen molar-refractivity contribution in [1.29, 1.82) is 0 Å². The fourth-order valence-corrected chi connectivity index (χ4v) is 2.42. The molecule has 0 saturated heterocycles. The molecule has 144 valence electrons. The van der Waals surface area contributed by atoms with Gasteiger partial charge in [0.25, 0.3) is 5.91 Å². The lowest BCUT2D eigenvalue weighted by molar-refractivity contribution is 0.0791. The number of nitrogens with one attached hydrogen (secondary N) is 1. The van der Waals surface area contributed by atoms with E-state index in [2.05, 4.69) is 20.3 Å². The molecule has 0 bridgehead atoms. The molecular weight excluding hydrogens is 371 g/mol. The van der Waals surface area contributed by atoms with Gasteiger partial charge in [-0.15, -0.1) is 0 Å². The molecule has 1 N–H and O–H groups in total. The van der Waals surface area contributed by atoms with E-state index in [1.165, 1.54) is 17.2 Å². The van der Waals surface area contributed by atoms with Gasteiger partial charge in [0.1, 0.15) is 5.69 Å². The highest BCUT2D eigenvalue weighted by Gasteiger charge is 2.17. The third-order valence-corrected chi connectivity index (χ3v) is 3.99. The second kappa shape index (κ2) is 8.47. The Morgan fingerprint density at radius 2 is 1.79 bits per heavy atom. The van der Waals surface area contributed by atoms with Gasteiger partial charge >= 0.3 is 0 Å². The number of halogens is 3. The van der Waals surface area contributed by atoms with Gasteiger partial charge in [-0.1, -0.05) is 0 Å². The van der Waals surface area contributed by atoms with Crippen molar-refractivity contribution in [3.63, 3.8) is 0 Å². The molecule has 0 aliphatic heterocycles. The highest BCUT2D eigenvalue weighted by atomic mass is 19.2. The van der Waals surface area contributed by atoms with E-state index in [0.717, 1.165) is 17.7 Å². The number of carbonyl (C=O) groups is 1. The summed E-state index contributed by atoms with van der Waals surface area (Å²) >= 11 is 0. The van der Waals surface area contributed by atoms with Crippen LogP contribution >= 0.6 is 0 Å². The highest BCUT2D eigenvalue weighted by molar-refractivity contribution is 5.92. The Hall–Kier alpha value is -3.49. The molecule has 1 amide bonds. The van der Waals surface area contributed by atoms with Gasteiger partial charge in [-0.3, -0.25) is 9.78 Å². The number of nitrogens with zero attached hydrogens (tertiary/aromatic N) is 4. The zero-order valence-corrected chi connectivity index (χ0v) is 14.9. The molecule has 2 aromatic heterocycles. The van der Waals surface area contributed by atoms with E-state index in [-0.39, 0.29) is 23.2 Å². The maximum Gasteiger partial charge on any atom is 0.272 e. The number of amides is 1. The van der Waals surface area contributed by atoms with Crippen molar-refractivity contribution in [2.24, 2.45) is 0 Å². The summed E-state index contributed by atoms with van der Waals surface area (Å²) in [5.74, 6) is -4.77. The lowest BCUT2D eigenvalue weighted by Gasteiger charge is -2.17. The van der Waals surface area contributed by atoms with Crippen LogP contribution in [0.4, 0.5) is 24.8 Å².